The monoisotopic (exact) mass is 352 g/mol. The van der Waals surface area contributed by atoms with Crippen molar-refractivity contribution in [3.63, 3.8) is 0 Å². The molecule has 25 heavy (non-hydrogen) atoms. The van der Waals surface area contributed by atoms with Crippen molar-refractivity contribution in [2.24, 2.45) is 0 Å². The van der Waals surface area contributed by atoms with Crippen molar-refractivity contribution in [2.45, 2.75) is 0 Å². The first-order chi connectivity index (χ1) is 12.1. The number of nitro groups is 1. The molecule has 0 aliphatic rings. The van der Waals surface area contributed by atoms with Crippen LogP contribution in [0.5, 0.6) is 0 Å². The highest BCUT2D eigenvalue weighted by Crippen LogP contribution is 2.21. The summed E-state index contributed by atoms with van der Waals surface area (Å²) in [7, 11) is 0. The smallest absolute Gasteiger partial charge is 0.282 e. The zero-order valence-corrected chi connectivity index (χ0v) is 13.6. The summed E-state index contributed by atoms with van der Waals surface area (Å²) in [5, 5.41) is 17.3. The van der Waals surface area contributed by atoms with E-state index < -0.39 is 10.8 Å². The molecule has 0 fully saturated rings. The largest absolute Gasteiger partial charge is 0.331 e. The number of aromatic nitrogens is 1. The van der Waals surface area contributed by atoms with Crippen LogP contribution in [0.2, 0.25) is 0 Å². The van der Waals surface area contributed by atoms with Crippen molar-refractivity contribution in [3.8, 4) is 0 Å². The number of carbonyl (C=O) groups excluding carboxylic acids is 1. The minimum Gasteiger partial charge on any atom is -0.331 e. The number of rotatable bonds is 3. The number of para-hydroxylation sites is 2. The van der Waals surface area contributed by atoms with Crippen LogP contribution < -0.4 is 10.6 Å². The number of fused-ring (bicyclic) bond motifs is 1. The fourth-order valence-corrected chi connectivity index (χ4v) is 2.56. The number of pyridine rings is 1. The minimum absolute atomic E-state index is 0.0290. The molecule has 8 heteroatoms. The van der Waals surface area contributed by atoms with Gasteiger partial charge in [0.25, 0.3) is 11.6 Å². The molecule has 0 atom stereocenters. The Balaban J connectivity index is 1.79. The molecule has 0 radical (unpaired) electrons. The maximum absolute atomic E-state index is 12.3. The highest BCUT2D eigenvalue weighted by atomic mass is 32.1. The Morgan fingerprint density at radius 3 is 2.64 bits per heavy atom. The zero-order chi connectivity index (χ0) is 17.8. The number of benzene rings is 2. The van der Waals surface area contributed by atoms with Crippen LogP contribution in [0.15, 0.2) is 60.8 Å². The van der Waals surface area contributed by atoms with Crippen LogP contribution in [0.1, 0.15) is 10.4 Å². The third kappa shape index (κ3) is 3.59. The summed E-state index contributed by atoms with van der Waals surface area (Å²) in [4.78, 5) is 27.0. The molecule has 0 bridgehead atoms. The van der Waals surface area contributed by atoms with Gasteiger partial charge in [-0.3, -0.25) is 25.2 Å². The lowest BCUT2D eigenvalue weighted by Crippen LogP contribution is -2.34. The van der Waals surface area contributed by atoms with E-state index >= 15 is 0 Å². The van der Waals surface area contributed by atoms with Gasteiger partial charge in [0.15, 0.2) is 5.11 Å². The summed E-state index contributed by atoms with van der Waals surface area (Å²) >= 11 is 5.14. The van der Waals surface area contributed by atoms with Crippen LogP contribution in [0.4, 0.5) is 11.4 Å². The number of nitro benzene ring substituents is 1. The van der Waals surface area contributed by atoms with Gasteiger partial charge < -0.3 is 5.32 Å². The number of carbonyl (C=O) groups is 1. The van der Waals surface area contributed by atoms with E-state index in [9.17, 15) is 14.9 Å². The molecule has 0 unspecified atom stereocenters. The highest BCUT2D eigenvalue weighted by Gasteiger charge is 2.20. The van der Waals surface area contributed by atoms with E-state index in [0.29, 0.717) is 11.2 Å². The third-order valence-corrected chi connectivity index (χ3v) is 3.66. The van der Waals surface area contributed by atoms with Crippen molar-refractivity contribution < 1.29 is 9.72 Å². The maximum Gasteiger partial charge on any atom is 0.282 e. The van der Waals surface area contributed by atoms with Crippen LogP contribution in [0.25, 0.3) is 10.9 Å². The lowest BCUT2D eigenvalue weighted by Gasteiger charge is -2.11. The van der Waals surface area contributed by atoms with Gasteiger partial charge in [0.05, 0.1) is 16.1 Å². The van der Waals surface area contributed by atoms with Crippen LogP contribution >= 0.6 is 12.2 Å². The molecule has 0 aliphatic carbocycles. The second-order valence-electron chi connectivity index (χ2n) is 5.06. The maximum atomic E-state index is 12.3. The predicted molar refractivity (Wildman–Crippen MR) is 98.5 cm³/mol. The summed E-state index contributed by atoms with van der Waals surface area (Å²) in [5.41, 5.74) is 0.987. The Kier molecular flexibility index (Phi) is 4.62. The van der Waals surface area contributed by atoms with Gasteiger partial charge in [0, 0.05) is 17.6 Å². The first-order valence-electron chi connectivity index (χ1n) is 7.26. The summed E-state index contributed by atoms with van der Waals surface area (Å²) in [6.07, 6.45) is 1.66. The standard InChI is InChI=1S/C17H12N4O3S/c22-16(12-7-1-2-9-14(12)21(23)24)20-17(25)19-13-8-3-5-11-6-4-10-18-15(11)13/h1-10H,(H2,19,20,22,25). The van der Waals surface area contributed by atoms with Gasteiger partial charge in [0.2, 0.25) is 0 Å². The van der Waals surface area contributed by atoms with E-state index in [1.165, 1.54) is 18.2 Å². The second-order valence-corrected chi connectivity index (χ2v) is 5.47. The van der Waals surface area contributed by atoms with E-state index in [2.05, 4.69) is 15.6 Å². The molecule has 0 aliphatic heterocycles. The Bertz CT molecular complexity index is 985. The quantitative estimate of drug-likeness (QED) is 0.426. The van der Waals surface area contributed by atoms with Crippen molar-refractivity contribution >= 4 is 45.5 Å². The van der Waals surface area contributed by atoms with E-state index in [1.54, 1.807) is 18.3 Å². The van der Waals surface area contributed by atoms with Gasteiger partial charge in [0.1, 0.15) is 5.56 Å². The summed E-state index contributed by atoms with van der Waals surface area (Å²) in [5.74, 6) is -0.655. The highest BCUT2D eigenvalue weighted by molar-refractivity contribution is 7.80. The first kappa shape index (κ1) is 16.5. The van der Waals surface area contributed by atoms with Gasteiger partial charge in [-0.1, -0.05) is 30.3 Å². The number of hydrogen-bond donors (Lipinski definition) is 2. The normalized spacial score (nSPS) is 10.2. The molecule has 1 heterocycles. The van der Waals surface area contributed by atoms with E-state index in [-0.39, 0.29) is 16.4 Å². The fraction of sp³-hybridized carbons (Fsp3) is 0. The van der Waals surface area contributed by atoms with Crippen molar-refractivity contribution in [1.29, 1.82) is 0 Å². The number of nitrogens with one attached hydrogen (secondary N) is 2. The average Bonchev–Trinajstić information content (AvgIpc) is 2.62. The van der Waals surface area contributed by atoms with Crippen LogP contribution in [0.3, 0.4) is 0 Å². The van der Waals surface area contributed by atoms with Gasteiger partial charge in [-0.25, -0.2) is 0 Å². The Morgan fingerprint density at radius 1 is 1.08 bits per heavy atom. The van der Waals surface area contributed by atoms with E-state index in [1.807, 2.05) is 24.3 Å². The van der Waals surface area contributed by atoms with Gasteiger partial charge in [-0.15, -0.1) is 0 Å². The lowest BCUT2D eigenvalue weighted by molar-refractivity contribution is -0.385. The number of hydrogen-bond acceptors (Lipinski definition) is 5. The molecule has 124 valence electrons. The minimum atomic E-state index is -0.655. The molecule has 2 aromatic carbocycles. The van der Waals surface area contributed by atoms with Crippen LogP contribution in [-0.4, -0.2) is 20.9 Å². The number of thiocarbonyl (C=S) groups is 1. The summed E-state index contributed by atoms with van der Waals surface area (Å²) in [6.45, 7) is 0. The molecule has 1 aromatic heterocycles. The Hall–Kier alpha value is -3.39. The molecular weight excluding hydrogens is 340 g/mol. The SMILES string of the molecule is O=C(NC(=S)Nc1cccc2cccnc12)c1ccccc1[N+](=O)[O-]. The van der Waals surface area contributed by atoms with Crippen molar-refractivity contribution in [1.82, 2.24) is 10.3 Å². The molecule has 2 N–H and O–H groups in total. The third-order valence-electron chi connectivity index (χ3n) is 3.45. The molecule has 0 spiro atoms. The van der Waals surface area contributed by atoms with Gasteiger partial charge in [-0.05, 0) is 30.4 Å². The van der Waals surface area contributed by atoms with Gasteiger partial charge in [-0.2, -0.15) is 0 Å². The number of anilines is 1. The first-order valence-corrected chi connectivity index (χ1v) is 7.66. The van der Waals surface area contributed by atoms with Crippen LogP contribution in [-0.2, 0) is 0 Å². The topological polar surface area (TPSA) is 97.2 Å². The second kappa shape index (κ2) is 7.02. The molecule has 3 rings (SSSR count). The molecule has 0 saturated heterocycles. The summed E-state index contributed by atoms with van der Waals surface area (Å²) < 4.78 is 0. The summed E-state index contributed by atoms with van der Waals surface area (Å²) in [6, 6.07) is 14.9. The van der Waals surface area contributed by atoms with Crippen LogP contribution in [0, 0.1) is 10.1 Å². The molecule has 1 amide bonds. The molecule has 0 saturated carbocycles. The lowest BCUT2D eigenvalue weighted by atomic mass is 10.1. The van der Waals surface area contributed by atoms with Crippen molar-refractivity contribution in [3.05, 3.63) is 76.5 Å². The number of nitrogens with zero attached hydrogens (tertiary/aromatic N) is 2. The van der Waals surface area contributed by atoms with Gasteiger partial charge >= 0.3 is 0 Å². The van der Waals surface area contributed by atoms with Crippen molar-refractivity contribution in [2.75, 3.05) is 5.32 Å². The Morgan fingerprint density at radius 2 is 1.84 bits per heavy atom. The number of amides is 1. The fourth-order valence-electron chi connectivity index (χ4n) is 2.35. The Labute approximate surface area is 147 Å². The zero-order valence-electron chi connectivity index (χ0n) is 12.8. The van der Waals surface area contributed by atoms with E-state index in [0.717, 1.165) is 5.39 Å². The molecule has 7 nitrogen and oxygen atoms in total. The average molecular weight is 352 g/mol. The molecular formula is C17H12N4O3S. The predicted octanol–water partition coefficient (Wildman–Crippen LogP) is 3.27. The molecule has 3 aromatic rings. The van der Waals surface area contributed by atoms with E-state index in [4.69, 9.17) is 12.2 Å².